The minimum atomic E-state index is -3.47. The van der Waals surface area contributed by atoms with Crippen molar-refractivity contribution in [3.63, 3.8) is 0 Å². The van der Waals surface area contributed by atoms with Gasteiger partial charge in [0, 0.05) is 38.1 Å². The van der Waals surface area contributed by atoms with E-state index in [2.05, 4.69) is 4.72 Å². The second-order valence-electron chi connectivity index (χ2n) is 4.77. The molecule has 0 aliphatic carbocycles. The van der Waals surface area contributed by atoms with Gasteiger partial charge >= 0.3 is 0 Å². The molecule has 0 saturated heterocycles. The molecule has 1 unspecified atom stereocenters. The molecular weight excluding hydrogens is 252 g/mol. The first-order valence-electron chi connectivity index (χ1n) is 5.78. The lowest BCUT2D eigenvalue weighted by Gasteiger charge is -2.17. The van der Waals surface area contributed by atoms with E-state index in [0.29, 0.717) is 13.1 Å². The van der Waals surface area contributed by atoms with Gasteiger partial charge in [-0.3, -0.25) is 0 Å². The molecule has 0 bridgehead atoms. The van der Waals surface area contributed by atoms with E-state index in [1.54, 1.807) is 23.9 Å². The van der Waals surface area contributed by atoms with Crippen molar-refractivity contribution >= 4 is 10.0 Å². The lowest BCUT2D eigenvalue weighted by atomic mass is 10.3. The molecule has 18 heavy (non-hydrogen) atoms. The Hall–Kier alpha value is -0.890. The van der Waals surface area contributed by atoms with Gasteiger partial charge in [-0.25, -0.2) is 13.1 Å². The van der Waals surface area contributed by atoms with E-state index in [4.69, 9.17) is 5.73 Å². The molecule has 1 aromatic rings. The molecule has 0 radical (unpaired) electrons. The van der Waals surface area contributed by atoms with Gasteiger partial charge in [0.1, 0.15) is 0 Å². The fourth-order valence-corrected chi connectivity index (χ4v) is 3.17. The second-order valence-corrected chi connectivity index (χ2v) is 6.48. The molecule has 3 N–H and O–H groups in total. The zero-order valence-electron chi connectivity index (χ0n) is 11.3. The smallest absolute Gasteiger partial charge is 0.242 e. The normalized spacial score (nSPS) is 14.1. The standard InChI is InChI=1S/C11H22N4O2S/c1-9(7-14(2)3)13-18(16,17)11-5-10(6-12)15(4)8-11/h5,8-9,13H,6-7,12H2,1-4H3. The molecule has 0 fully saturated rings. The molecule has 104 valence electrons. The van der Waals surface area contributed by atoms with Crippen LogP contribution in [-0.2, 0) is 23.6 Å². The van der Waals surface area contributed by atoms with Gasteiger partial charge in [-0.1, -0.05) is 0 Å². The minimum Gasteiger partial charge on any atom is -0.352 e. The Kier molecular flexibility index (Phi) is 4.92. The number of aryl methyl sites for hydroxylation is 1. The van der Waals surface area contributed by atoms with Crippen LogP contribution in [0, 0.1) is 0 Å². The highest BCUT2D eigenvalue weighted by Crippen LogP contribution is 2.13. The highest BCUT2D eigenvalue weighted by molar-refractivity contribution is 7.89. The Balaban J connectivity index is 2.86. The Bertz CT molecular complexity index is 493. The SMILES string of the molecule is CC(CN(C)C)NS(=O)(=O)c1cc(CN)n(C)c1. The summed E-state index contributed by atoms with van der Waals surface area (Å²) >= 11 is 0. The topological polar surface area (TPSA) is 80.4 Å². The van der Waals surface area contributed by atoms with Gasteiger partial charge in [0.05, 0.1) is 4.90 Å². The van der Waals surface area contributed by atoms with Gasteiger partial charge in [0.15, 0.2) is 0 Å². The van der Waals surface area contributed by atoms with Crippen LogP contribution in [0.3, 0.4) is 0 Å². The van der Waals surface area contributed by atoms with Crippen LogP contribution in [0.1, 0.15) is 12.6 Å². The van der Waals surface area contributed by atoms with Crippen LogP contribution < -0.4 is 10.5 Å². The Morgan fingerprint density at radius 2 is 2.11 bits per heavy atom. The first-order chi connectivity index (χ1) is 8.26. The lowest BCUT2D eigenvalue weighted by molar-refractivity contribution is 0.370. The summed E-state index contributed by atoms with van der Waals surface area (Å²) in [5, 5.41) is 0. The van der Waals surface area contributed by atoms with Crippen molar-refractivity contribution in [2.75, 3.05) is 20.6 Å². The highest BCUT2D eigenvalue weighted by atomic mass is 32.2. The van der Waals surface area contributed by atoms with Crippen molar-refractivity contribution < 1.29 is 8.42 Å². The molecule has 0 aliphatic heterocycles. The Morgan fingerprint density at radius 3 is 2.56 bits per heavy atom. The van der Waals surface area contributed by atoms with E-state index in [0.717, 1.165) is 5.69 Å². The maximum atomic E-state index is 12.1. The Morgan fingerprint density at radius 1 is 1.50 bits per heavy atom. The molecule has 1 atom stereocenters. The molecule has 1 heterocycles. The van der Waals surface area contributed by atoms with E-state index in [1.165, 1.54) is 0 Å². The molecular formula is C11H22N4O2S. The molecule has 0 amide bonds. The number of aromatic nitrogens is 1. The summed E-state index contributed by atoms with van der Waals surface area (Å²) in [5.74, 6) is 0. The molecule has 1 rings (SSSR count). The van der Waals surface area contributed by atoms with Crippen LogP contribution in [-0.4, -0.2) is 44.6 Å². The number of nitrogens with one attached hydrogen (secondary N) is 1. The van der Waals surface area contributed by atoms with E-state index in [-0.39, 0.29) is 10.9 Å². The van der Waals surface area contributed by atoms with E-state index in [1.807, 2.05) is 25.9 Å². The number of rotatable bonds is 6. The molecule has 7 heteroatoms. The van der Waals surface area contributed by atoms with Crippen molar-refractivity contribution in [2.24, 2.45) is 12.8 Å². The van der Waals surface area contributed by atoms with E-state index >= 15 is 0 Å². The first-order valence-corrected chi connectivity index (χ1v) is 7.27. The van der Waals surface area contributed by atoms with Crippen molar-refractivity contribution in [3.05, 3.63) is 18.0 Å². The van der Waals surface area contributed by atoms with Gasteiger partial charge in [-0.05, 0) is 27.1 Å². The first kappa shape index (κ1) is 15.2. The van der Waals surface area contributed by atoms with Crippen LogP contribution in [0.25, 0.3) is 0 Å². The van der Waals surface area contributed by atoms with Crippen molar-refractivity contribution in [3.8, 4) is 0 Å². The summed E-state index contributed by atoms with van der Waals surface area (Å²) in [4.78, 5) is 2.19. The average Bonchev–Trinajstić information content (AvgIpc) is 2.57. The number of likely N-dealkylation sites (N-methyl/N-ethyl adjacent to an activating group) is 1. The molecule has 6 nitrogen and oxygen atoms in total. The van der Waals surface area contributed by atoms with E-state index < -0.39 is 10.0 Å². The monoisotopic (exact) mass is 274 g/mol. The number of nitrogens with zero attached hydrogens (tertiary/aromatic N) is 2. The van der Waals surface area contributed by atoms with Gasteiger partial charge in [-0.2, -0.15) is 0 Å². The largest absolute Gasteiger partial charge is 0.352 e. The summed E-state index contributed by atoms with van der Waals surface area (Å²) in [7, 11) is 2.12. The predicted molar refractivity (Wildman–Crippen MR) is 71.6 cm³/mol. The van der Waals surface area contributed by atoms with Gasteiger partial charge in [0.25, 0.3) is 0 Å². The third-order valence-corrected chi connectivity index (χ3v) is 4.15. The molecule has 0 saturated carbocycles. The lowest BCUT2D eigenvalue weighted by Crippen LogP contribution is -2.39. The third kappa shape index (κ3) is 3.81. The second kappa shape index (κ2) is 5.83. The fourth-order valence-electron chi connectivity index (χ4n) is 1.84. The number of nitrogens with two attached hydrogens (primary N) is 1. The van der Waals surface area contributed by atoms with Gasteiger partial charge < -0.3 is 15.2 Å². The summed E-state index contributed by atoms with van der Waals surface area (Å²) in [5.41, 5.74) is 6.32. The molecule has 0 aliphatic rings. The summed E-state index contributed by atoms with van der Waals surface area (Å²) in [6.07, 6.45) is 1.58. The molecule has 0 spiro atoms. The zero-order chi connectivity index (χ0) is 13.9. The van der Waals surface area contributed by atoms with Crippen LogP contribution in [0.15, 0.2) is 17.2 Å². The van der Waals surface area contributed by atoms with Crippen molar-refractivity contribution in [2.45, 2.75) is 24.4 Å². The van der Waals surface area contributed by atoms with Crippen molar-refractivity contribution in [1.82, 2.24) is 14.2 Å². The van der Waals surface area contributed by atoms with Gasteiger partial charge in [-0.15, -0.1) is 0 Å². The maximum Gasteiger partial charge on any atom is 0.242 e. The quantitative estimate of drug-likeness (QED) is 0.747. The number of hydrogen-bond acceptors (Lipinski definition) is 4. The van der Waals surface area contributed by atoms with Crippen molar-refractivity contribution in [1.29, 1.82) is 0 Å². The van der Waals surface area contributed by atoms with Gasteiger partial charge in [0.2, 0.25) is 10.0 Å². The molecule has 0 aromatic carbocycles. The zero-order valence-corrected chi connectivity index (χ0v) is 12.2. The number of hydrogen-bond donors (Lipinski definition) is 2. The highest BCUT2D eigenvalue weighted by Gasteiger charge is 2.19. The Labute approximate surface area is 109 Å². The van der Waals surface area contributed by atoms with Crippen LogP contribution in [0.4, 0.5) is 0 Å². The maximum absolute atomic E-state index is 12.1. The minimum absolute atomic E-state index is 0.147. The third-order valence-electron chi connectivity index (χ3n) is 2.60. The van der Waals surface area contributed by atoms with Crippen LogP contribution >= 0.6 is 0 Å². The average molecular weight is 274 g/mol. The summed E-state index contributed by atoms with van der Waals surface area (Å²) < 4.78 is 28.6. The van der Waals surface area contributed by atoms with Crippen LogP contribution in [0.5, 0.6) is 0 Å². The summed E-state index contributed by atoms with van der Waals surface area (Å²) in [6.45, 7) is 2.80. The predicted octanol–water partition coefficient (Wildman–Crippen LogP) is -0.288. The van der Waals surface area contributed by atoms with E-state index in [9.17, 15) is 8.42 Å². The molecule has 1 aromatic heterocycles. The van der Waals surface area contributed by atoms with Crippen LogP contribution in [0.2, 0.25) is 0 Å². The number of sulfonamides is 1. The summed E-state index contributed by atoms with van der Waals surface area (Å²) in [6, 6.07) is 1.46. The fraction of sp³-hybridized carbons (Fsp3) is 0.636.